The van der Waals surface area contributed by atoms with E-state index >= 15 is 0 Å². The molecule has 0 aliphatic rings. The van der Waals surface area contributed by atoms with Crippen LogP contribution in [0.2, 0.25) is 0 Å². The molecule has 0 aromatic heterocycles. The number of hydrogen-bond acceptors (Lipinski definition) is 3. The van der Waals surface area contributed by atoms with E-state index in [2.05, 4.69) is 12.1 Å². The first kappa shape index (κ1) is 16.9. The van der Waals surface area contributed by atoms with E-state index in [4.69, 9.17) is 0 Å². The van der Waals surface area contributed by atoms with Crippen LogP contribution in [0.5, 0.6) is 17.2 Å². The van der Waals surface area contributed by atoms with Gasteiger partial charge in [0.25, 0.3) is 0 Å². The lowest BCUT2D eigenvalue weighted by Crippen LogP contribution is -1.97. The molecule has 3 aromatic rings. The summed E-state index contributed by atoms with van der Waals surface area (Å²) < 4.78 is 0. The molecule has 128 valence electrons. The van der Waals surface area contributed by atoms with E-state index in [1.807, 2.05) is 36.4 Å². The van der Waals surface area contributed by atoms with Crippen LogP contribution >= 0.6 is 0 Å². The van der Waals surface area contributed by atoms with Crippen LogP contribution < -0.4 is 0 Å². The van der Waals surface area contributed by atoms with Crippen molar-refractivity contribution < 1.29 is 15.3 Å². The average Bonchev–Trinajstić information content (AvgIpc) is 2.62. The molecule has 0 saturated carbocycles. The minimum atomic E-state index is 0.125. The Morgan fingerprint density at radius 3 is 1.60 bits per heavy atom. The number of aryl methyl sites for hydroxylation is 4. The van der Waals surface area contributed by atoms with Gasteiger partial charge in [-0.25, -0.2) is 0 Å². The summed E-state index contributed by atoms with van der Waals surface area (Å²) in [6.07, 6.45) is 3.00. The van der Waals surface area contributed by atoms with Gasteiger partial charge in [-0.05, 0) is 66.1 Å². The molecule has 0 fully saturated rings. The third-order valence-corrected chi connectivity index (χ3v) is 4.43. The smallest absolute Gasteiger partial charge is 0.122 e. The fraction of sp³-hybridized carbons (Fsp3) is 0.182. The Kier molecular flexibility index (Phi) is 5.24. The van der Waals surface area contributed by atoms with Gasteiger partial charge in [0.2, 0.25) is 0 Å². The zero-order valence-corrected chi connectivity index (χ0v) is 14.0. The second-order valence-corrected chi connectivity index (χ2v) is 6.26. The van der Waals surface area contributed by atoms with E-state index in [0.717, 1.165) is 36.0 Å². The van der Waals surface area contributed by atoms with Gasteiger partial charge >= 0.3 is 0 Å². The summed E-state index contributed by atoms with van der Waals surface area (Å²) in [7, 11) is 0. The van der Waals surface area contributed by atoms with Crippen LogP contribution in [-0.4, -0.2) is 15.3 Å². The van der Waals surface area contributed by atoms with Gasteiger partial charge in [-0.2, -0.15) is 0 Å². The monoisotopic (exact) mass is 334 g/mol. The highest BCUT2D eigenvalue weighted by molar-refractivity contribution is 5.46. The Hall–Kier alpha value is -2.94. The molecule has 0 unspecified atom stereocenters. The molecule has 0 aliphatic carbocycles. The van der Waals surface area contributed by atoms with Gasteiger partial charge in [-0.1, -0.05) is 42.5 Å². The zero-order valence-electron chi connectivity index (χ0n) is 14.0. The van der Waals surface area contributed by atoms with E-state index in [-0.39, 0.29) is 17.2 Å². The molecule has 0 amide bonds. The van der Waals surface area contributed by atoms with Crippen molar-refractivity contribution >= 4 is 0 Å². The summed E-state index contributed by atoms with van der Waals surface area (Å²) >= 11 is 0. The van der Waals surface area contributed by atoms with Crippen molar-refractivity contribution in [2.24, 2.45) is 0 Å². The van der Waals surface area contributed by atoms with Crippen LogP contribution in [0.1, 0.15) is 22.3 Å². The normalized spacial score (nSPS) is 10.7. The van der Waals surface area contributed by atoms with Gasteiger partial charge < -0.3 is 15.3 Å². The highest BCUT2D eigenvalue weighted by atomic mass is 16.3. The lowest BCUT2D eigenvalue weighted by Gasteiger charge is -2.11. The Morgan fingerprint density at radius 1 is 0.520 bits per heavy atom. The number of rotatable bonds is 6. The first-order valence-electron chi connectivity index (χ1n) is 8.47. The van der Waals surface area contributed by atoms with Crippen LogP contribution in [0.4, 0.5) is 0 Å². The fourth-order valence-corrected chi connectivity index (χ4v) is 2.94. The summed E-state index contributed by atoms with van der Waals surface area (Å²) in [5.74, 6) is 0.515. The lowest BCUT2D eigenvalue weighted by atomic mass is 9.97. The molecule has 0 atom stereocenters. The molecular weight excluding hydrogens is 312 g/mol. The second-order valence-electron chi connectivity index (χ2n) is 6.26. The van der Waals surface area contributed by atoms with Crippen molar-refractivity contribution in [2.75, 3.05) is 0 Å². The van der Waals surface area contributed by atoms with Crippen molar-refractivity contribution in [2.45, 2.75) is 25.7 Å². The van der Waals surface area contributed by atoms with Crippen LogP contribution in [0.3, 0.4) is 0 Å². The highest BCUT2D eigenvalue weighted by Crippen LogP contribution is 2.29. The highest BCUT2D eigenvalue weighted by Gasteiger charge is 2.09. The molecule has 3 rings (SSSR count). The summed E-state index contributed by atoms with van der Waals surface area (Å²) in [6, 6.07) is 20.6. The summed E-state index contributed by atoms with van der Waals surface area (Å²) in [6.45, 7) is 0. The van der Waals surface area contributed by atoms with Gasteiger partial charge in [0.1, 0.15) is 17.2 Å². The Labute approximate surface area is 147 Å². The first-order valence-corrected chi connectivity index (χ1v) is 8.47. The molecule has 0 aliphatic heterocycles. The number of phenolic OH excluding ortho intramolecular Hbond substituents is 3. The molecule has 3 aromatic carbocycles. The molecule has 25 heavy (non-hydrogen) atoms. The van der Waals surface area contributed by atoms with Crippen molar-refractivity contribution in [1.29, 1.82) is 0 Å². The molecule has 3 heteroatoms. The van der Waals surface area contributed by atoms with E-state index in [0.29, 0.717) is 6.42 Å². The number of phenols is 3. The van der Waals surface area contributed by atoms with Gasteiger partial charge in [-0.3, -0.25) is 0 Å². The molecular formula is C22H22O3. The molecule has 0 radical (unpaired) electrons. The van der Waals surface area contributed by atoms with Gasteiger partial charge in [-0.15, -0.1) is 0 Å². The van der Waals surface area contributed by atoms with E-state index in [1.165, 1.54) is 11.6 Å². The molecule has 0 heterocycles. The molecule has 3 nitrogen and oxygen atoms in total. The average molecular weight is 334 g/mol. The summed E-state index contributed by atoms with van der Waals surface area (Å²) in [4.78, 5) is 0. The zero-order chi connectivity index (χ0) is 17.6. The molecule has 0 spiro atoms. The topological polar surface area (TPSA) is 60.7 Å². The van der Waals surface area contributed by atoms with Gasteiger partial charge in [0.05, 0.1) is 0 Å². The SMILES string of the molecule is Oc1ccc(CCc2cc(CCc3ccccc3)c(O)cc2O)cc1. The summed E-state index contributed by atoms with van der Waals surface area (Å²) in [5.41, 5.74) is 3.99. The third-order valence-electron chi connectivity index (χ3n) is 4.43. The molecule has 0 saturated heterocycles. The minimum absolute atomic E-state index is 0.125. The van der Waals surface area contributed by atoms with E-state index in [1.54, 1.807) is 12.1 Å². The van der Waals surface area contributed by atoms with Gasteiger partial charge in [0.15, 0.2) is 0 Å². The summed E-state index contributed by atoms with van der Waals surface area (Å²) in [5, 5.41) is 29.6. The van der Waals surface area contributed by atoms with Crippen molar-refractivity contribution in [3.05, 3.63) is 89.0 Å². The van der Waals surface area contributed by atoms with E-state index in [9.17, 15) is 15.3 Å². The van der Waals surface area contributed by atoms with Crippen molar-refractivity contribution in [3.8, 4) is 17.2 Å². The van der Waals surface area contributed by atoms with E-state index < -0.39 is 0 Å². The standard InChI is InChI=1S/C22H22O3/c23-20-12-8-17(9-13-20)7-11-19-14-18(21(24)15-22(19)25)10-6-16-4-2-1-3-5-16/h1-5,8-9,12-15,23-25H,6-7,10-11H2. The van der Waals surface area contributed by atoms with Crippen molar-refractivity contribution in [1.82, 2.24) is 0 Å². The molecule has 0 bridgehead atoms. The van der Waals surface area contributed by atoms with Crippen LogP contribution in [0.15, 0.2) is 66.7 Å². The minimum Gasteiger partial charge on any atom is -0.508 e. The number of benzene rings is 3. The van der Waals surface area contributed by atoms with Gasteiger partial charge in [0, 0.05) is 6.07 Å². The Bertz CT molecular complexity index is 824. The van der Waals surface area contributed by atoms with Crippen molar-refractivity contribution in [3.63, 3.8) is 0 Å². The van der Waals surface area contributed by atoms with Crippen LogP contribution in [-0.2, 0) is 25.7 Å². The maximum atomic E-state index is 10.1. The third kappa shape index (κ3) is 4.54. The number of aromatic hydroxyl groups is 3. The molecule has 3 N–H and O–H groups in total. The predicted octanol–water partition coefficient (Wildman–Crippen LogP) is 4.37. The first-order chi connectivity index (χ1) is 12.1. The number of hydrogen-bond donors (Lipinski definition) is 3. The maximum Gasteiger partial charge on any atom is 0.122 e. The fourth-order valence-electron chi connectivity index (χ4n) is 2.94. The predicted molar refractivity (Wildman–Crippen MR) is 99.1 cm³/mol. The second kappa shape index (κ2) is 7.75. The largest absolute Gasteiger partial charge is 0.508 e. The Morgan fingerprint density at radius 2 is 1.04 bits per heavy atom. The van der Waals surface area contributed by atoms with Crippen LogP contribution in [0.25, 0.3) is 0 Å². The Balaban J connectivity index is 1.70. The lowest BCUT2D eigenvalue weighted by molar-refractivity contribution is 0.441. The van der Waals surface area contributed by atoms with Crippen LogP contribution in [0, 0.1) is 0 Å². The quantitative estimate of drug-likeness (QED) is 0.627. The maximum absolute atomic E-state index is 10.1.